The number of hydrogen-bond acceptors (Lipinski definition) is 4. The van der Waals surface area contributed by atoms with Crippen LogP contribution in [-0.2, 0) is 9.84 Å². The lowest BCUT2D eigenvalue weighted by Gasteiger charge is -2.14. The smallest absolute Gasteiger partial charge is 0.179 e. The molecule has 1 aromatic rings. The van der Waals surface area contributed by atoms with E-state index in [2.05, 4.69) is 20.8 Å². The summed E-state index contributed by atoms with van der Waals surface area (Å²) in [5.41, 5.74) is 5.80. The van der Waals surface area contributed by atoms with Crippen LogP contribution < -0.4 is 5.73 Å². The molecule has 0 aromatic heterocycles. The molecule has 0 bridgehead atoms. The molecule has 0 saturated carbocycles. The van der Waals surface area contributed by atoms with Gasteiger partial charge in [-0.3, -0.25) is 0 Å². The Bertz CT molecular complexity index is 507. The van der Waals surface area contributed by atoms with Crippen LogP contribution in [0.1, 0.15) is 6.42 Å². The first-order chi connectivity index (χ1) is 8.47. The molecule has 1 aromatic carbocycles. The van der Waals surface area contributed by atoms with Gasteiger partial charge in [0.15, 0.2) is 9.84 Å². The molecule has 1 heterocycles. The molecule has 19 heavy (non-hydrogen) atoms. The zero-order chi connectivity index (χ0) is 13.2. The van der Waals surface area contributed by atoms with E-state index >= 15 is 0 Å². The van der Waals surface area contributed by atoms with Crippen molar-refractivity contribution in [3.63, 3.8) is 0 Å². The van der Waals surface area contributed by atoms with E-state index in [9.17, 15) is 8.42 Å². The van der Waals surface area contributed by atoms with Crippen LogP contribution in [0.3, 0.4) is 0 Å². The van der Waals surface area contributed by atoms with Gasteiger partial charge in [0.2, 0.25) is 0 Å². The van der Waals surface area contributed by atoms with Gasteiger partial charge in [-0.15, -0.1) is 12.4 Å². The summed E-state index contributed by atoms with van der Waals surface area (Å²) in [6.45, 7) is 2.26. The van der Waals surface area contributed by atoms with E-state index in [1.165, 1.54) is 0 Å². The molecular formula is C12H18BrClN2O2S. The number of nitrogens with zero attached hydrogens (tertiary/aromatic N) is 1. The summed E-state index contributed by atoms with van der Waals surface area (Å²) >= 11 is 3.29. The molecule has 0 amide bonds. The van der Waals surface area contributed by atoms with Gasteiger partial charge in [-0.25, -0.2) is 8.42 Å². The first-order valence-electron chi connectivity index (χ1n) is 5.93. The Morgan fingerprint density at radius 1 is 1.32 bits per heavy atom. The van der Waals surface area contributed by atoms with Gasteiger partial charge in [-0.05, 0) is 37.2 Å². The molecule has 1 saturated heterocycles. The van der Waals surface area contributed by atoms with E-state index in [1.54, 1.807) is 24.3 Å². The molecule has 0 radical (unpaired) electrons. The lowest BCUT2D eigenvalue weighted by Crippen LogP contribution is -2.30. The maximum atomic E-state index is 12.1. The average Bonchev–Trinajstić information content (AvgIpc) is 2.73. The predicted octanol–water partition coefficient (Wildman–Crippen LogP) is 1.68. The van der Waals surface area contributed by atoms with Crippen molar-refractivity contribution in [2.24, 2.45) is 5.73 Å². The highest BCUT2D eigenvalue weighted by Crippen LogP contribution is 2.16. The van der Waals surface area contributed by atoms with Gasteiger partial charge in [-0.1, -0.05) is 15.9 Å². The van der Waals surface area contributed by atoms with Crippen LogP contribution in [0.5, 0.6) is 0 Å². The summed E-state index contributed by atoms with van der Waals surface area (Å²) in [4.78, 5) is 2.50. The van der Waals surface area contributed by atoms with Crippen LogP contribution in [0.25, 0.3) is 0 Å². The maximum Gasteiger partial charge on any atom is 0.179 e. The molecule has 0 spiro atoms. The van der Waals surface area contributed by atoms with E-state index in [1.807, 2.05) is 0 Å². The average molecular weight is 370 g/mol. The first kappa shape index (κ1) is 16.9. The number of likely N-dealkylation sites (tertiary alicyclic amines) is 1. The third-order valence-corrected chi connectivity index (χ3v) is 5.40. The first-order valence-corrected chi connectivity index (χ1v) is 8.38. The van der Waals surface area contributed by atoms with E-state index in [-0.39, 0.29) is 24.2 Å². The maximum absolute atomic E-state index is 12.1. The topological polar surface area (TPSA) is 63.4 Å². The van der Waals surface area contributed by atoms with Crippen molar-refractivity contribution in [1.29, 1.82) is 0 Å². The second kappa shape index (κ2) is 7.04. The van der Waals surface area contributed by atoms with E-state index in [4.69, 9.17) is 5.73 Å². The second-order valence-electron chi connectivity index (χ2n) is 4.62. The Balaban J connectivity index is 0.00000180. The SMILES string of the molecule is Cl.N[C@@H]1CCN(CCS(=O)(=O)c2ccc(Br)cc2)C1. The van der Waals surface area contributed by atoms with Crippen LogP contribution in [0.2, 0.25) is 0 Å². The normalized spacial score (nSPS) is 20.2. The Morgan fingerprint density at radius 3 is 2.47 bits per heavy atom. The minimum Gasteiger partial charge on any atom is -0.326 e. The fourth-order valence-electron chi connectivity index (χ4n) is 2.07. The van der Waals surface area contributed by atoms with Gasteiger partial charge in [-0.2, -0.15) is 0 Å². The monoisotopic (exact) mass is 368 g/mol. The lowest BCUT2D eigenvalue weighted by molar-refractivity contribution is 0.354. The third kappa shape index (κ3) is 4.72. The van der Waals surface area contributed by atoms with Gasteiger partial charge in [0.25, 0.3) is 0 Å². The van der Waals surface area contributed by atoms with Crippen molar-refractivity contribution in [3.05, 3.63) is 28.7 Å². The summed E-state index contributed by atoms with van der Waals surface area (Å²) in [6, 6.07) is 6.96. The van der Waals surface area contributed by atoms with Crippen LogP contribution in [-0.4, -0.2) is 44.7 Å². The second-order valence-corrected chi connectivity index (χ2v) is 7.65. The van der Waals surface area contributed by atoms with Crippen molar-refractivity contribution < 1.29 is 8.42 Å². The summed E-state index contributed by atoms with van der Waals surface area (Å²) in [5.74, 6) is 0.154. The van der Waals surface area contributed by atoms with E-state index in [0.29, 0.717) is 11.4 Å². The lowest BCUT2D eigenvalue weighted by atomic mass is 10.3. The van der Waals surface area contributed by atoms with Crippen molar-refractivity contribution >= 4 is 38.2 Å². The quantitative estimate of drug-likeness (QED) is 0.877. The number of rotatable bonds is 4. The summed E-state index contributed by atoms with van der Waals surface area (Å²) in [6.07, 6.45) is 0.957. The van der Waals surface area contributed by atoms with Crippen LogP contribution in [0.15, 0.2) is 33.6 Å². The molecule has 0 unspecified atom stereocenters. The zero-order valence-corrected chi connectivity index (χ0v) is 13.7. The molecule has 108 valence electrons. The molecule has 2 rings (SSSR count). The minimum absolute atomic E-state index is 0. The van der Waals surface area contributed by atoms with Crippen LogP contribution in [0.4, 0.5) is 0 Å². The standard InChI is InChI=1S/C12H17BrN2O2S.ClH/c13-10-1-3-12(4-2-10)18(16,17)8-7-15-6-5-11(14)9-15;/h1-4,11H,5-9,14H2;1H/t11-;/m1./s1. The van der Waals surface area contributed by atoms with Crippen LogP contribution in [0, 0.1) is 0 Å². The molecule has 4 nitrogen and oxygen atoms in total. The molecule has 7 heteroatoms. The number of halogens is 2. The fourth-order valence-corrected chi connectivity index (χ4v) is 3.62. The minimum atomic E-state index is -3.19. The Kier molecular flexibility index (Phi) is 6.26. The van der Waals surface area contributed by atoms with Gasteiger partial charge < -0.3 is 10.6 Å². The number of nitrogens with two attached hydrogens (primary N) is 1. The van der Waals surface area contributed by atoms with Gasteiger partial charge in [0.1, 0.15) is 0 Å². The van der Waals surface area contributed by atoms with Gasteiger partial charge in [0.05, 0.1) is 10.6 Å². The van der Waals surface area contributed by atoms with Crippen molar-refractivity contribution in [2.45, 2.75) is 17.4 Å². The molecule has 1 atom stereocenters. The summed E-state index contributed by atoms with van der Waals surface area (Å²) < 4.78 is 25.1. The van der Waals surface area contributed by atoms with Crippen molar-refractivity contribution in [2.75, 3.05) is 25.4 Å². The third-order valence-electron chi connectivity index (χ3n) is 3.16. The molecule has 1 aliphatic heterocycles. The van der Waals surface area contributed by atoms with Gasteiger partial charge >= 0.3 is 0 Å². The highest BCUT2D eigenvalue weighted by atomic mass is 79.9. The Labute approximate surface area is 128 Å². The number of benzene rings is 1. The summed E-state index contributed by atoms with van der Waals surface area (Å²) in [7, 11) is -3.19. The largest absolute Gasteiger partial charge is 0.326 e. The van der Waals surface area contributed by atoms with Gasteiger partial charge in [0, 0.05) is 23.6 Å². The highest BCUT2D eigenvalue weighted by molar-refractivity contribution is 9.10. The molecule has 2 N–H and O–H groups in total. The number of hydrogen-bond donors (Lipinski definition) is 1. The predicted molar refractivity (Wildman–Crippen MR) is 82.5 cm³/mol. The Hall–Kier alpha value is -0.140. The zero-order valence-electron chi connectivity index (χ0n) is 10.5. The number of sulfone groups is 1. The molecule has 0 aliphatic carbocycles. The highest BCUT2D eigenvalue weighted by Gasteiger charge is 2.21. The van der Waals surface area contributed by atoms with E-state index < -0.39 is 9.84 Å². The van der Waals surface area contributed by atoms with Crippen molar-refractivity contribution in [3.8, 4) is 0 Å². The fraction of sp³-hybridized carbons (Fsp3) is 0.500. The van der Waals surface area contributed by atoms with Crippen molar-refractivity contribution in [1.82, 2.24) is 4.90 Å². The molecular weight excluding hydrogens is 352 g/mol. The molecule has 1 fully saturated rings. The molecule has 1 aliphatic rings. The van der Waals surface area contributed by atoms with Crippen LogP contribution >= 0.6 is 28.3 Å². The Morgan fingerprint density at radius 2 is 1.95 bits per heavy atom. The summed E-state index contributed by atoms with van der Waals surface area (Å²) in [5, 5.41) is 0. The van der Waals surface area contributed by atoms with E-state index in [0.717, 1.165) is 24.0 Å².